The van der Waals surface area contributed by atoms with Crippen LogP contribution in [-0.4, -0.2) is 25.2 Å². The van der Waals surface area contributed by atoms with Crippen LogP contribution < -0.4 is 0 Å². The van der Waals surface area contributed by atoms with E-state index < -0.39 is 23.3 Å². The SMILES string of the molecule is CCCC1(CCC(C(=O)OCC)C(=O)OCC)C=CC(c2ccccc2)=C(F)C1. The van der Waals surface area contributed by atoms with Gasteiger partial charge in [0.1, 0.15) is 5.83 Å². The van der Waals surface area contributed by atoms with Gasteiger partial charge < -0.3 is 9.47 Å². The van der Waals surface area contributed by atoms with Crippen LogP contribution in [0.1, 0.15) is 58.4 Å². The molecule has 0 aliphatic heterocycles. The van der Waals surface area contributed by atoms with Crippen LogP contribution in [-0.2, 0) is 19.1 Å². The minimum absolute atomic E-state index is 0.157. The number of carbonyl (C=O) groups is 2. The molecule has 1 aromatic carbocycles. The Hall–Kier alpha value is -2.43. The maximum absolute atomic E-state index is 15.1. The number of hydrogen-bond donors (Lipinski definition) is 0. The van der Waals surface area contributed by atoms with E-state index in [9.17, 15) is 9.59 Å². The van der Waals surface area contributed by atoms with E-state index in [2.05, 4.69) is 13.0 Å². The van der Waals surface area contributed by atoms with E-state index in [1.54, 1.807) is 13.8 Å². The van der Waals surface area contributed by atoms with Crippen LogP contribution >= 0.6 is 0 Å². The maximum atomic E-state index is 15.1. The highest BCUT2D eigenvalue weighted by molar-refractivity contribution is 5.94. The Balaban J connectivity index is 2.18. The summed E-state index contributed by atoms with van der Waals surface area (Å²) in [6.45, 7) is 5.86. The van der Waals surface area contributed by atoms with Crippen LogP contribution in [0, 0.1) is 11.3 Å². The topological polar surface area (TPSA) is 52.6 Å². The molecule has 1 aromatic rings. The molecule has 0 saturated carbocycles. The van der Waals surface area contributed by atoms with Gasteiger partial charge in [-0.3, -0.25) is 9.59 Å². The van der Waals surface area contributed by atoms with Gasteiger partial charge in [0.25, 0.3) is 0 Å². The molecule has 0 fully saturated rings. The number of hydrogen-bond acceptors (Lipinski definition) is 4. The number of carbonyl (C=O) groups excluding carboxylic acids is 2. The molecule has 1 atom stereocenters. The molecule has 2 rings (SSSR count). The second-order valence-electron chi connectivity index (χ2n) is 7.40. The van der Waals surface area contributed by atoms with Crippen LogP contribution in [0.15, 0.2) is 48.3 Å². The van der Waals surface area contributed by atoms with E-state index in [-0.39, 0.29) is 31.9 Å². The molecule has 0 spiro atoms. The molecular weight excluding hydrogens is 371 g/mol. The predicted molar refractivity (Wildman–Crippen MR) is 112 cm³/mol. The highest BCUT2D eigenvalue weighted by Crippen LogP contribution is 2.45. The Bertz CT molecular complexity index is 735. The molecule has 1 unspecified atom stereocenters. The first-order chi connectivity index (χ1) is 14.0. The lowest BCUT2D eigenvalue weighted by atomic mass is 9.71. The fraction of sp³-hybridized carbons (Fsp3) is 0.500. The molecule has 0 bridgehead atoms. The van der Waals surface area contributed by atoms with Crippen molar-refractivity contribution in [1.29, 1.82) is 0 Å². The van der Waals surface area contributed by atoms with Gasteiger partial charge in [-0.05, 0) is 44.1 Å². The molecule has 1 aliphatic rings. The lowest BCUT2D eigenvalue weighted by Crippen LogP contribution is -2.31. The third kappa shape index (κ3) is 6.02. The fourth-order valence-electron chi connectivity index (χ4n) is 3.90. The molecule has 5 heteroatoms. The van der Waals surface area contributed by atoms with Crippen molar-refractivity contribution in [2.45, 2.75) is 52.9 Å². The summed E-state index contributed by atoms with van der Waals surface area (Å²) in [7, 11) is 0. The van der Waals surface area contributed by atoms with E-state index >= 15 is 4.39 Å². The molecule has 4 nitrogen and oxygen atoms in total. The number of halogens is 1. The number of benzene rings is 1. The summed E-state index contributed by atoms with van der Waals surface area (Å²) < 4.78 is 25.2. The number of allylic oxidation sites excluding steroid dienone is 4. The van der Waals surface area contributed by atoms with Gasteiger partial charge in [-0.15, -0.1) is 0 Å². The maximum Gasteiger partial charge on any atom is 0.320 e. The molecule has 0 heterocycles. The lowest BCUT2D eigenvalue weighted by Gasteiger charge is -2.34. The zero-order valence-corrected chi connectivity index (χ0v) is 17.6. The van der Waals surface area contributed by atoms with E-state index in [0.29, 0.717) is 12.0 Å². The summed E-state index contributed by atoms with van der Waals surface area (Å²) in [6, 6.07) is 9.47. The standard InChI is InChI=1S/C24H31FO4/c1-4-14-24(16-13-20(22(26)28-5-2)23(27)29-6-3)15-12-19(21(25)17-24)18-10-8-7-9-11-18/h7-12,15,20H,4-6,13-14,16-17H2,1-3H3. The van der Waals surface area contributed by atoms with Crippen LogP contribution in [0.4, 0.5) is 4.39 Å². The van der Waals surface area contributed by atoms with Gasteiger partial charge in [0.15, 0.2) is 5.92 Å². The largest absolute Gasteiger partial charge is 0.465 e. The molecule has 1 aliphatic carbocycles. The smallest absolute Gasteiger partial charge is 0.320 e. The van der Waals surface area contributed by atoms with Crippen molar-refractivity contribution >= 4 is 17.5 Å². The number of esters is 2. The molecule has 0 aromatic heterocycles. The van der Waals surface area contributed by atoms with Gasteiger partial charge in [-0.25, -0.2) is 4.39 Å². The lowest BCUT2D eigenvalue weighted by molar-refractivity contribution is -0.162. The van der Waals surface area contributed by atoms with Crippen molar-refractivity contribution < 1.29 is 23.5 Å². The Kier molecular flexibility index (Phi) is 8.62. The van der Waals surface area contributed by atoms with E-state index in [4.69, 9.17) is 9.47 Å². The van der Waals surface area contributed by atoms with E-state index in [1.165, 1.54) is 0 Å². The van der Waals surface area contributed by atoms with Crippen LogP contribution in [0.3, 0.4) is 0 Å². The zero-order valence-electron chi connectivity index (χ0n) is 17.6. The van der Waals surface area contributed by atoms with Gasteiger partial charge in [-0.2, -0.15) is 0 Å². The summed E-state index contributed by atoms with van der Waals surface area (Å²) in [4.78, 5) is 24.5. The predicted octanol–water partition coefficient (Wildman–Crippen LogP) is 5.64. The summed E-state index contributed by atoms with van der Waals surface area (Å²) in [6.07, 6.45) is 6.59. The minimum atomic E-state index is -0.973. The second-order valence-corrected chi connectivity index (χ2v) is 7.40. The summed E-state index contributed by atoms with van der Waals surface area (Å²) in [5.74, 6) is -2.27. The van der Waals surface area contributed by atoms with Crippen LogP contribution in [0.2, 0.25) is 0 Å². The zero-order chi connectivity index (χ0) is 21.3. The van der Waals surface area contributed by atoms with Crippen molar-refractivity contribution in [3.63, 3.8) is 0 Å². The van der Waals surface area contributed by atoms with Crippen molar-refractivity contribution in [2.24, 2.45) is 11.3 Å². The number of rotatable bonds is 10. The van der Waals surface area contributed by atoms with E-state index in [1.807, 2.05) is 36.4 Å². The third-order valence-electron chi connectivity index (χ3n) is 5.31. The summed E-state index contributed by atoms with van der Waals surface area (Å²) >= 11 is 0. The monoisotopic (exact) mass is 402 g/mol. The molecular formula is C24H31FO4. The molecule has 0 saturated heterocycles. The highest BCUT2D eigenvalue weighted by atomic mass is 19.1. The Morgan fingerprint density at radius 1 is 1.03 bits per heavy atom. The molecule has 158 valence electrons. The fourth-order valence-corrected chi connectivity index (χ4v) is 3.90. The molecule has 0 amide bonds. The highest BCUT2D eigenvalue weighted by Gasteiger charge is 2.36. The van der Waals surface area contributed by atoms with Gasteiger partial charge in [0.2, 0.25) is 0 Å². The molecule has 29 heavy (non-hydrogen) atoms. The average Bonchev–Trinajstić information content (AvgIpc) is 2.69. The van der Waals surface area contributed by atoms with Crippen molar-refractivity contribution in [3.05, 3.63) is 53.9 Å². The Morgan fingerprint density at radius 2 is 1.66 bits per heavy atom. The van der Waals surface area contributed by atoms with Gasteiger partial charge >= 0.3 is 11.9 Å². The van der Waals surface area contributed by atoms with Crippen molar-refractivity contribution in [1.82, 2.24) is 0 Å². The molecule has 0 radical (unpaired) electrons. The van der Waals surface area contributed by atoms with Gasteiger partial charge in [0.05, 0.1) is 13.2 Å². The van der Waals surface area contributed by atoms with Crippen LogP contribution in [0.25, 0.3) is 5.57 Å². The third-order valence-corrected chi connectivity index (χ3v) is 5.31. The average molecular weight is 403 g/mol. The minimum Gasteiger partial charge on any atom is -0.465 e. The van der Waals surface area contributed by atoms with Gasteiger partial charge in [-0.1, -0.05) is 55.8 Å². The quantitative estimate of drug-likeness (QED) is 0.376. The first-order valence-corrected chi connectivity index (χ1v) is 10.4. The normalized spacial score (nSPS) is 18.8. The summed E-state index contributed by atoms with van der Waals surface area (Å²) in [5.41, 5.74) is 1.03. The van der Waals surface area contributed by atoms with Crippen LogP contribution in [0.5, 0.6) is 0 Å². The first-order valence-electron chi connectivity index (χ1n) is 10.4. The number of ether oxygens (including phenoxy) is 2. The summed E-state index contributed by atoms with van der Waals surface area (Å²) in [5, 5.41) is 0. The van der Waals surface area contributed by atoms with Crippen molar-refractivity contribution in [3.8, 4) is 0 Å². The Labute approximate surface area is 172 Å². The first kappa shape index (κ1) is 22.9. The Morgan fingerprint density at radius 3 is 2.17 bits per heavy atom. The van der Waals surface area contributed by atoms with E-state index in [0.717, 1.165) is 18.4 Å². The van der Waals surface area contributed by atoms with Crippen molar-refractivity contribution in [2.75, 3.05) is 13.2 Å². The second kappa shape index (κ2) is 10.9. The molecule has 0 N–H and O–H groups in total. The van der Waals surface area contributed by atoms with Gasteiger partial charge in [0, 0.05) is 12.0 Å².